The molecule has 0 bridgehead atoms. The highest BCUT2D eigenvalue weighted by Crippen LogP contribution is 2.21. The molecule has 7 nitrogen and oxygen atoms in total. The number of thiol groups is 1. The lowest BCUT2D eigenvalue weighted by Crippen LogP contribution is -2.10. The first-order chi connectivity index (χ1) is 10.7. The molecule has 3 rings (SSSR count). The van der Waals surface area contributed by atoms with Crippen LogP contribution in [0.3, 0.4) is 0 Å². The minimum atomic E-state index is -2.59. The molecule has 114 valence electrons. The second-order valence-electron chi connectivity index (χ2n) is 4.61. The van der Waals surface area contributed by atoms with Gasteiger partial charge in [-0.05, 0) is 29.8 Å². The highest BCUT2D eigenvalue weighted by atomic mass is 32.2. The standard InChI is InChI=1S/C14H14N4O3S/c1-21-12-6-7-13-14(8-12)18(17-16-13)11-4-2-10(3-5-11)9-15-22(19)20/h2-8,22H,9H2,1H3,(H,15,19,20). The van der Waals surface area contributed by atoms with Gasteiger partial charge in [0.05, 0.1) is 18.3 Å². The van der Waals surface area contributed by atoms with Crippen LogP contribution >= 0.6 is 0 Å². The van der Waals surface area contributed by atoms with E-state index >= 15 is 0 Å². The number of nitrogens with one attached hydrogen (secondary N) is 1. The summed E-state index contributed by atoms with van der Waals surface area (Å²) in [6.07, 6.45) is 0. The predicted molar refractivity (Wildman–Crippen MR) is 82.6 cm³/mol. The Balaban J connectivity index is 1.93. The summed E-state index contributed by atoms with van der Waals surface area (Å²) in [6, 6.07) is 13.0. The van der Waals surface area contributed by atoms with E-state index in [-0.39, 0.29) is 6.54 Å². The van der Waals surface area contributed by atoms with Crippen molar-refractivity contribution in [3.8, 4) is 11.4 Å². The first-order valence-electron chi connectivity index (χ1n) is 6.54. The number of benzene rings is 2. The molecule has 0 saturated heterocycles. The molecule has 0 unspecified atom stereocenters. The minimum absolute atomic E-state index is 0.269. The zero-order valence-corrected chi connectivity index (χ0v) is 12.7. The summed E-state index contributed by atoms with van der Waals surface area (Å²) in [5.41, 5.74) is 3.32. The van der Waals surface area contributed by atoms with Gasteiger partial charge in [0.1, 0.15) is 11.3 Å². The second kappa shape index (κ2) is 6.12. The fraction of sp³-hybridized carbons (Fsp3) is 0.143. The summed E-state index contributed by atoms with van der Waals surface area (Å²) in [4.78, 5) is 0. The van der Waals surface area contributed by atoms with Crippen molar-refractivity contribution in [2.24, 2.45) is 0 Å². The Kier molecular flexibility index (Phi) is 4.03. The van der Waals surface area contributed by atoms with Crippen molar-refractivity contribution >= 4 is 21.9 Å². The van der Waals surface area contributed by atoms with E-state index in [9.17, 15) is 8.42 Å². The van der Waals surface area contributed by atoms with Crippen molar-refractivity contribution < 1.29 is 13.2 Å². The molecule has 0 spiro atoms. The van der Waals surface area contributed by atoms with E-state index < -0.39 is 10.9 Å². The number of rotatable bonds is 5. The van der Waals surface area contributed by atoms with E-state index in [4.69, 9.17) is 4.74 Å². The van der Waals surface area contributed by atoms with E-state index in [0.717, 1.165) is 28.0 Å². The highest BCUT2D eigenvalue weighted by molar-refractivity contribution is 7.70. The van der Waals surface area contributed by atoms with Crippen LogP contribution in [-0.4, -0.2) is 30.5 Å². The number of methoxy groups -OCH3 is 1. The number of hydrogen-bond donors (Lipinski definition) is 2. The number of hydrogen-bond acceptors (Lipinski definition) is 5. The monoisotopic (exact) mass is 318 g/mol. The quantitative estimate of drug-likeness (QED) is 0.687. The molecule has 0 saturated carbocycles. The first-order valence-corrected chi connectivity index (χ1v) is 7.72. The topological polar surface area (TPSA) is 86.1 Å². The zero-order valence-electron chi connectivity index (χ0n) is 11.8. The molecule has 0 fully saturated rings. The Hall–Kier alpha value is -2.45. The molecule has 1 N–H and O–H groups in total. The van der Waals surface area contributed by atoms with Crippen LogP contribution in [0, 0.1) is 0 Å². The van der Waals surface area contributed by atoms with E-state index in [0.29, 0.717) is 0 Å². The van der Waals surface area contributed by atoms with Gasteiger partial charge in [-0.25, -0.2) is 17.8 Å². The van der Waals surface area contributed by atoms with Gasteiger partial charge in [-0.2, -0.15) is 0 Å². The third-order valence-electron chi connectivity index (χ3n) is 3.25. The van der Waals surface area contributed by atoms with Crippen molar-refractivity contribution in [3.63, 3.8) is 0 Å². The smallest absolute Gasteiger partial charge is 0.201 e. The van der Waals surface area contributed by atoms with Gasteiger partial charge in [0, 0.05) is 12.6 Å². The lowest BCUT2D eigenvalue weighted by Gasteiger charge is -2.05. The largest absolute Gasteiger partial charge is 0.497 e. The molecule has 1 heterocycles. The fourth-order valence-electron chi connectivity index (χ4n) is 2.13. The summed E-state index contributed by atoms with van der Waals surface area (Å²) in [5, 5.41) is 8.26. The van der Waals surface area contributed by atoms with Crippen LogP contribution < -0.4 is 9.46 Å². The molecular weight excluding hydrogens is 304 g/mol. The van der Waals surface area contributed by atoms with Crippen LogP contribution in [0.25, 0.3) is 16.7 Å². The van der Waals surface area contributed by atoms with Gasteiger partial charge in [-0.3, -0.25) is 0 Å². The molecule has 0 aliphatic heterocycles. The van der Waals surface area contributed by atoms with Crippen LogP contribution in [0.15, 0.2) is 42.5 Å². The van der Waals surface area contributed by atoms with Gasteiger partial charge in [0.15, 0.2) is 0 Å². The predicted octanol–water partition coefficient (Wildman–Crippen LogP) is 1.05. The average molecular weight is 318 g/mol. The molecule has 0 aliphatic rings. The van der Waals surface area contributed by atoms with Crippen molar-refractivity contribution in [1.82, 2.24) is 19.7 Å². The van der Waals surface area contributed by atoms with Crippen LogP contribution in [0.2, 0.25) is 0 Å². The van der Waals surface area contributed by atoms with Crippen LogP contribution in [-0.2, 0) is 17.4 Å². The van der Waals surface area contributed by atoms with Gasteiger partial charge >= 0.3 is 0 Å². The third-order valence-corrected chi connectivity index (χ3v) is 3.66. The molecule has 3 aromatic rings. The van der Waals surface area contributed by atoms with Gasteiger partial charge in [0.2, 0.25) is 10.9 Å². The van der Waals surface area contributed by atoms with Crippen molar-refractivity contribution in [2.45, 2.75) is 6.54 Å². The average Bonchev–Trinajstić information content (AvgIpc) is 2.96. The Labute approximate surface area is 128 Å². The van der Waals surface area contributed by atoms with Crippen LogP contribution in [0.1, 0.15) is 5.56 Å². The van der Waals surface area contributed by atoms with Crippen molar-refractivity contribution in [2.75, 3.05) is 7.11 Å². The molecule has 8 heteroatoms. The van der Waals surface area contributed by atoms with Gasteiger partial charge in [-0.15, -0.1) is 5.10 Å². The summed E-state index contributed by atoms with van der Waals surface area (Å²) < 4.78 is 30.3. The molecule has 0 amide bonds. The van der Waals surface area contributed by atoms with Crippen molar-refractivity contribution in [1.29, 1.82) is 0 Å². The fourth-order valence-corrected chi connectivity index (χ4v) is 2.44. The van der Waals surface area contributed by atoms with Gasteiger partial charge < -0.3 is 4.74 Å². The molecule has 22 heavy (non-hydrogen) atoms. The van der Waals surface area contributed by atoms with Crippen LogP contribution in [0.5, 0.6) is 5.75 Å². The molecular formula is C14H14N4O3S. The molecule has 0 aliphatic carbocycles. The van der Waals surface area contributed by atoms with Crippen LogP contribution in [0.4, 0.5) is 0 Å². The Bertz CT molecular complexity index is 863. The van der Waals surface area contributed by atoms with E-state index in [1.165, 1.54) is 0 Å². The highest BCUT2D eigenvalue weighted by Gasteiger charge is 2.07. The lowest BCUT2D eigenvalue weighted by atomic mass is 10.2. The maximum atomic E-state index is 10.5. The number of nitrogens with zero attached hydrogens (tertiary/aromatic N) is 3. The Morgan fingerprint density at radius 2 is 1.95 bits per heavy atom. The minimum Gasteiger partial charge on any atom is -0.497 e. The SMILES string of the molecule is COc1ccc2nnn(-c3ccc(CN[SH](=O)=O)cc3)c2c1. The van der Waals surface area contributed by atoms with Crippen molar-refractivity contribution in [3.05, 3.63) is 48.0 Å². The molecule has 0 atom stereocenters. The second-order valence-corrected chi connectivity index (χ2v) is 5.44. The zero-order chi connectivity index (χ0) is 15.5. The normalized spacial score (nSPS) is 11.2. The van der Waals surface area contributed by atoms with Gasteiger partial charge in [0.25, 0.3) is 0 Å². The van der Waals surface area contributed by atoms with E-state index in [1.54, 1.807) is 11.8 Å². The van der Waals surface area contributed by atoms with E-state index in [1.807, 2.05) is 42.5 Å². The Morgan fingerprint density at radius 1 is 1.18 bits per heavy atom. The third kappa shape index (κ3) is 2.92. The summed E-state index contributed by atoms with van der Waals surface area (Å²) in [7, 11) is -0.980. The number of fused-ring (bicyclic) bond motifs is 1. The summed E-state index contributed by atoms with van der Waals surface area (Å²) in [6.45, 7) is 0.269. The van der Waals surface area contributed by atoms with E-state index in [2.05, 4.69) is 15.0 Å². The number of ether oxygens (including phenoxy) is 1. The summed E-state index contributed by atoms with van der Waals surface area (Å²) >= 11 is 0. The number of aromatic nitrogens is 3. The summed E-state index contributed by atoms with van der Waals surface area (Å²) in [5.74, 6) is 0.733. The molecule has 1 aromatic heterocycles. The molecule has 2 aromatic carbocycles. The molecule has 0 radical (unpaired) electrons. The lowest BCUT2D eigenvalue weighted by molar-refractivity contribution is 0.415. The first kappa shape index (κ1) is 14.5. The van der Waals surface area contributed by atoms with Gasteiger partial charge in [-0.1, -0.05) is 17.3 Å². The maximum Gasteiger partial charge on any atom is 0.201 e. The maximum absolute atomic E-state index is 10.5. The Morgan fingerprint density at radius 3 is 2.64 bits per heavy atom.